The molecule has 0 radical (unpaired) electrons. The monoisotopic (exact) mass is 484 g/mol. The SMILES string of the molecule is COc1ccc([C@@H](CC(=O)Nc2ccc(OC)c(OC)c2)N(C)S(=O)(=O)c2ccccc2)cc1. The van der Waals surface area contributed by atoms with Crippen molar-refractivity contribution >= 4 is 21.6 Å². The minimum absolute atomic E-state index is 0.108. The van der Waals surface area contributed by atoms with Crippen molar-refractivity contribution in [2.24, 2.45) is 0 Å². The zero-order valence-corrected chi connectivity index (χ0v) is 20.3. The van der Waals surface area contributed by atoms with Crippen molar-refractivity contribution in [1.82, 2.24) is 4.31 Å². The van der Waals surface area contributed by atoms with Gasteiger partial charge in [-0.15, -0.1) is 0 Å². The van der Waals surface area contributed by atoms with E-state index in [1.54, 1.807) is 67.8 Å². The van der Waals surface area contributed by atoms with Crippen LogP contribution in [0.2, 0.25) is 0 Å². The van der Waals surface area contributed by atoms with Gasteiger partial charge in [0.2, 0.25) is 15.9 Å². The molecule has 0 saturated carbocycles. The van der Waals surface area contributed by atoms with Crippen molar-refractivity contribution in [3.8, 4) is 17.2 Å². The molecule has 3 rings (SSSR count). The molecule has 1 atom stereocenters. The first kappa shape index (κ1) is 25.1. The van der Waals surface area contributed by atoms with Crippen LogP contribution in [0.5, 0.6) is 17.2 Å². The maximum absolute atomic E-state index is 13.3. The highest BCUT2D eigenvalue weighted by Gasteiger charge is 2.31. The van der Waals surface area contributed by atoms with Crippen LogP contribution in [0, 0.1) is 0 Å². The van der Waals surface area contributed by atoms with E-state index in [-0.39, 0.29) is 17.2 Å². The summed E-state index contributed by atoms with van der Waals surface area (Å²) in [5, 5.41) is 2.82. The van der Waals surface area contributed by atoms with E-state index in [4.69, 9.17) is 14.2 Å². The highest BCUT2D eigenvalue weighted by atomic mass is 32.2. The molecule has 0 unspecified atom stereocenters. The maximum Gasteiger partial charge on any atom is 0.243 e. The van der Waals surface area contributed by atoms with Crippen LogP contribution in [-0.4, -0.2) is 47.0 Å². The molecule has 0 heterocycles. The maximum atomic E-state index is 13.3. The van der Waals surface area contributed by atoms with E-state index in [9.17, 15) is 13.2 Å². The molecular formula is C25H28N2O6S. The average molecular weight is 485 g/mol. The minimum atomic E-state index is -3.85. The van der Waals surface area contributed by atoms with Gasteiger partial charge in [0.15, 0.2) is 11.5 Å². The number of hydrogen-bond acceptors (Lipinski definition) is 6. The van der Waals surface area contributed by atoms with Crippen molar-refractivity contribution in [1.29, 1.82) is 0 Å². The third-order valence-corrected chi connectivity index (χ3v) is 7.29. The first-order valence-corrected chi connectivity index (χ1v) is 11.9. The van der Waals surface area contributed by atoms with E-state index in [0.29, 0.717) is 28.5 Å². The average Bonchev–Trinajstić information content (AvgIpc) is 2.87. The Morgan fingerprint density at radius 1 is 0.882 bits per heavy atom. The lowest BCUT2D eigenvalue weighted by atomic mass is 10.0. The number of anilines is 1. The number of nitrogens with one attached hydrogen (secondary N) is 1. The van der Waals surface area contributed by atoms with E-state index in [2.05, 4.69) is 5.32 Å². The summed E-state index contributed by atoms with van der Waals surface area (Å²) >= 11 is 0. The van der Waals surface area contributed by atoms with Crippen molar-refractivity contribution in [3.05, 3.63) is 78.4 Å². The summed E-state index contributed by atoms with van der Waals surface area (Å²) in [6.45, 7) is 0. The van der Waals surface area contributed by atoms with Gasteiger partial charge in [0, 0.05) is 25.2 Å². The Morgan fingerprint density at radius 2 is 1.53 bits per heavy atom. The largest absolute Gasteiger partial charge is 0.497 e. The first-order valence-electron chi connectivity index (χ1n) is 10.5. The second kappa shape index (κ2) is 11.0. The molecule has 0 aliphatic rings. The van der Waals surface area contributed by atoms with Crippen LogP contribution in [0.25, 0.3) is 0 Å². The van der Waals surface area contributed by atoms with Crippen LogP contribution in [0.3, 0.4) is 0 Å². The molecule has 1 N–H and O–H groups in total. The molecule has 0 aliphatic heterocycles. The topological polar surface area (TPSA) is 94.2 Å². The zero-order chi connectivity index (χ0) is 24.7. The predicted octanol–water partition coefficient (Wildman–Crippen LogP) is 4.10. The molecule has 0 fully saturated rings. The van der Waals surface area contributed by atoms with Crippen LogP contribution < -0.4 is 19.5 Å². The Kier molecular flexibility index (Phi) is 8.14. The van der Waals surface area contributed by atoms with E-state index in [1.807, 2.05) is 0 Å². The molecule has 0 aliphatic carbocycles. The number of ether oxygens (including phenoxy) is 3. The van der Waals surface area contributed by atoms with Crippen molar-refractivity contribution in [3.63, 3.8) is 0 Å². The summed E-state index contributed by atoms with van der Waals surface area (Å²) in [5.41, 5.74) is 1.16. The quantitative estimate of drug-likeness (QED) is 0.466. The van der Waals surface area contributed by atoms with Gasteiger partial charge < -0.3 is 19.5 Å². The fourth-order valence-electron chi connectivity index (χ4n) is 3.51. The van der Waals surface area contributed by atoms with Crippen LogP contribution in [0.1, 0.15) is 18.0 Å². The van der Waals surface area contributed by atoms with E-state index >= 15 is 0 Å². The molecule has 0 bridgehead atoms. The van der Waals surface area contributed by atoms with Gasteiger partial charge in [-0.2, -0.15) is 4.31 Å². The molecule has 9 heteroatoms. The summed E-state index contributed by atoms with van der Waals surface area (Å²) in [6, 6.07) is 19.4. The molecule has 3 aromatic carbocycles. The number of hydrogen-bond donors (Lipinski definition) is 1. The van der Waals surface area contributed by atoms with Crippen LogP contribution >= 0.6 is 0 Å². The number of methoxy groups -OCH3 is 3. The molecular weight excluding hydrogens is 456 g/mol. The minimum Gasteiger partial charge on any atom is -0.497 e. The van der Waals surface area contributed by atoms with Crippen molar-refractivity contribution < 1.29 is 27.4 Å². The molecule has 0 saturated heterocycles. The van der Waals surface area contributed by atoms with E-state index < -0.39 is 16.1 Å². The summed E-state index contributed by atoms with van der Waals surface area (Å²) in [4.78, 5) is 13.2. The normalized spacial score (nSPS) is 12.1. The smallest absolute Gasteiger partial charge is 0.243 e. The molecule has 1 amide bonds. The lowest BCUT2D eigenvalue weighted by molar-refractivity contribution is -0.117. The highest BCUT2D eigenvalue weighted by Crippen LogP contribution is 2.32. The third-order valence-electron chi connectivity index (χ3n) is 5.41. The Morgan fingerprint density at radius 3 is 2.12 bits per heavy atom. The predicted molar refractivity (Wildman–Crippen MR) is 130 cm³/mol. The number of benzene rings is 3. The summed E-state index contributed by atoms with van der Waals surface area (Å²) in [5.74, 6) is 1.27. The fourth-order valence-corrected chi connectivity index (χ4v) is 4.88. The standard InChI is InChI=1S/C25H28N2O6S/c1-27(34(29,30)21-8-6-5-7-9-21)22(18-10-13-20(31-2)14-11-18)17-25(28)26-19-12-15-23(32-3)24(16-19)33-4/h5-16,22H,17H2,1-4H3,(H,26,28)/t22-/m1/s1. The molecule has 0 aromatic heterocycles. The first-order chi connectivity index (χ1) is 16.3. The van der Waals surface area contributed by atoms with E-state index in [0.717, 1.165) is 0 Å². The molecule has 180 valence electrons. The molecule has 8 nitrogen and oxygen atoms in total. The van der Waals surface area contributed by atoms with Gasteiger partial charge >= 0.3 is 0 Å². The van der Waals surface area contributed by atoms with Gasteiger partial charge in [-0.25, -0.2) is 8.42 Å². The number of carbonyl (C=O) groups excluding carboxylic acids is 1. The summed E-state index contributed by atoms with van der Waals surface area (Å²) in [7, 11) is 2.20. The Hall–Kier alpha value is -3.56. The number of carbonyl (C=O) groups is 1. The Balaban J connectivity index is 1.90. The lowest BCUT2D eigenvalue weighted by Gasteiger charge is -2.28. The van der Waals surface area contributed by atoms with Gasteiger partial charge in [-0.05, 0) is 42.0 Å². The van der Waals surface area contributed by atoms with Gasteiger partial charge in [-0.1, -0.05) is 30.3 Å². The number of amides is 1. The summed E-state index contributed by atoms with van der Waals surface area (Å²) in [6.07, 6.45) is -0.108. The highest BCUT2D eigenvalue weighted by molar-refractivity contribution is 7.89. The molecule has 3 aromatic rings. The van der Waals surface area contributed by atoms with Crippen molar-refractivity contribution in [2.75, 3.05) is 33.7 Å². The van der Waals surface area contributed by atoms with Crippen LogP contribution in [-0.2, 0) is 14.8 Å². The second-order valence-electron chi connectivity index (χ2n) is 7.45. The van der Waals surface area contributed by atoms with Gasteiger partial charge in [0.05, 0.1) is 32.3 Å². The Labute approximate surface area is 200 Å². The van der Waals surface area contributed by atoms with E-state index in [1.165, 1.54) is 37.7 Å². The lowest BCUT2D eigenvalue weighted by Crippen LogP contribution is -2.33. The molecule has 0 spiro atoms. The summed E-state index contributed by atoms with van der Waals surface area (Å²) < 4.78 is 43.6. The van der Waals surface area contributed by atoms with Gasteiger partial charge in [-0.3, -0.25) is 4.79 Å². The Bertz CT molecular complexity index is 1210. The van der Waals surface area contributed by atoms with Gasteiger partial charge in [0.1, 0.15) is 5.75 Å². The number of nitrogens with zero attached hydrogens (tertiary/aromatic N) is 1. The van der Waals surface area contributed by atoms with Gasteiger partial charge in [0.25, 0.3) is 0 Å². The van der Waals surface area contributed by atoms with Crippen molar-refractivity contribution in [2.45, 2.75) is 17.4 Å². The van der Waals surface area contributed by atoms with Crippen LogP contribution in [0.15, 0.2) is 77.7 Å². The number of sulfonamides is 1. The number of rotatable bonds is 10. The zero-order valence-electron chi connectivity index (χ0n) is 19.5. The third kappa shape index (κ3) is 5.67. The second-order valence-corrected chi connectivity index (χ2v) is 9.44. The molecule has 34 heavy (non-hydrogen) atoms. The fraction of sp³-hybridized carbons (Fsp3) is 0.240. The van der Waals surface area contributed by atoms with Crippen LogP contribution in [0.4, 0.5) is 5.69 Å².